The molecule has 2 aliphatic carbocycles. The summed E-state index contributed by atoms with van der Waals surface area (Å²) in [6, 6.07) is 0. The highest BCUT2D eigenvalue weighted by molar-refractivity contribution is 5.88. The molecular weight excluding hydrogens is 292 g/mol. The van der Waals surface area contributed by atoms with Crippen molar-refractivity contribution >= 4 is 11.9 Å². The first-order valence-corrected chi connectivity index (χ1v) is 9.11. The Balaban J connectivity index is 1.32. The Morgan fingerprint density at radius 2 is 1.87 bits per heavy atom. The van der Waals surface area contributed by atoms with E-state index < -0.39 is 0 Å². The first-order chi connectivity index (χ1) is 11.2. The molecule has 0 bridgehead atoms. The molecule has 1 amide bonds. The Morgan fingerprint density at radius 3 is 2.48 bits per heavy atom. The van der Waals surface area contributed by atoms with E-state index in [0.717, 1.165) is 70.4 Å². The van der Waals surface area contributed by atoms with Gasteiger partial charge >= 0.3 is 5.97 Å². The monoisotopic (exact) mass is 320 g/mol. The highest BCUT2D eigenvalue weighted by atomic mass is 16.5. The van der Waals surface area contributed by atoms with E-state index in [4.69, 9.17) is 4.74 Å². The number of amides is 1. The Labute approximate surface area is 138 Å². The maximum Gasteiger partial charge on any atom is 0.333 e. The highest BCUT2D eigenvalue weighted by Gasteiger charge is 2.31. The first-order valence-electron chi connectivity index (χ1n) is 9.11. The van der Waals surface area contributed by atoms with E-state index >= 15 is 0 Å². The minimum absolute atomic E-state index is 0.136. The summed E-state index contributed by atoms with van der Waals surface area (Å²) >= 11 is 0. The van der Waals surface area contributed by atoms with E-state index in [2.05, 4.69) is 4.90 Å². The molecule has 3 aliphatic rings. The van der Waals surface area contributed by atoms with Gasteiger partial charge in [0.05, 0.1) is 0 Å². The van der Waals surface area contributed by atoms with Crippen LogP contribution in [0.2, 0.25) is 0 Å². The summed E-state index contributed by atoms with van der Waals surface area (Å²) in [5, 5.41) is 0. The van der Waals surface area contributed by atoms with E-state index in [9.17, 15) is 9.59 Å². The standard InChI is InChI=1S/C18H28N2O3/c21-17(15-7-4-8-15)20-11-9-19(10-12-20)13-14-23-18(22)16-5-2-1-3-6-16/h5,15H,1-4,6-14H2. The molecule has 5 heteroatoms. The summed E-state index contributed by atoms with van der Waals surface area (Å²) in [4.78, 5) is 28.4. The average molecular weight is 320 g/mol. The fraction of sp³-hybridized carbons (Fsp3) is 0.778. The fourth-order valence-corrected chi connectivity index (χ4v) is 3.49. The highest BCUT2D eigenvalue weighted by Crippen LogP contribution is 2.28. The van der Waals surface area contributed by atoms with Crippen molar-refractivity contribution in [2.75, 3.05) is 39.3 Å². The van der Waals surface area contributed by atoms with Gasteiger partial charge in [0, 0.05) is 44.2 Å². The van der Waals surface area contributed by atoms with Crippen LogP contribution in [-0.2, 0) is 14.3 Å². The molecule has 0 atom stereocenters. The lowest BCUT2D eigenvalue weighted by Gasteiger charge is -2.38. The van der Waals surface area contributed by atoms with Gasteiger partial charge in [-0.25, -0.2) is 4.79 Å². The van der Waals surface area contributed by atoms with Gasteiger partial charge < -0.3 is 9.64 Å². The van der Waals surface area contributed by atoms with Crippen molar-refractivity contribution in [2.45, 2.75) is 44.9 Å². The largest absolute Gasteiger partial charge is 0.461 e. The molecule has 1 saturated heterocycles. The third-order valence-electron chi connectivity index (χ3n) is 5.33. The lowest BCUT2D eigenvalue weighted by Crippen LogP contribution is -2.51. The zero-order valence-corrected chi connectivity index (χ0v) is 14.0. The number of nitrogens with zero attached hydrogens (tertiary/aromatic N) is 2. The van der Waals surface area contributed by atoms with Crippen molar-refractivity contribution in [1.29, 1.82) is 0 Å². The van der Waals surface area contributed by atoms with Crippen molar-refractivity contribution in [1.82, 2.24) is 9.80 Å². The Bertz CT molecular complexity index is 463. The number of hydrogen-bond acceptors (Lipinski definition) is 4. The summed E-state index contributed by atoms with van der Waals surface area (Å²) in [7, 11) is 0. The van der Waals surface area contributed by atoms with E-state index in [1.54, 1.807) is 0 Å². The molecular formula is C18H28N2O3. The third-order valence-corrected chi connectivity index (χ3v) is 5.33. The molecule has 1 heterocycles. The van der Waals surface area contributed by atoms with Crippen LogP contribution < -0.4 is 0 Å². The maximum absolute atomic E-state index is 12.2. The normalized spacial score (nSPS) is 23.1. The second kappa shape index (κ2) is 7.95. The molecule has 3 rings (SSSR count). The second-order valence-electron chi connectivity index (χ2n) is 6.91. The van der Waals surface area contributed by atoms with Crippen molar-refractivity contribution in [2.24, 2.45) is 5.92 Å². The summed E-state index contributed by atoms with van der Waals surface area (Å²) in [5.74, 6) is 0.515. The molecule has 0 unspecified atom stereocenters. The average Bonchev–Trinajstić information content (AvgIpc) is 2.54. The number of allylic oxidation sites excluding steroid dienone is 1. The smallest absolute Gasteiger partial charge is 0.333 e. The topological polar surface area (TPSA) is 49.9 Å². The molecule has 0 aromatic rings. The zero-order valence-electron chi connectivity index (χ0n) is 14.0. The van der Waals surface area contributed by atoms with Crippen molar-refractivity contribution in [3.63, 3.8) is 0 Å². The molecule has 0 radical (unpaired) electrons. The number of esters is 1. The summed E-state index contributed by atoms with van der Waals surface area (Å²) in [6.45, 7) is 4.62. The van der Waals surface area contributed by atoms with Gasteiger partial charge in [0.25, 0.3) is 0 Å². The molecule has 1 aliphatic heterocycles. The van der Waals surface area contributed by atoms with Crippen LogP contribution in [0, 0.1) is 5.92 Å². The lowest BCUT2D eigenvalue weighted by atomic mass is 9.84. The molecule has 1 saturated carbocycles. The van der Waals surface area contributed by atoms with Crippen LogP contribution in [0.4, 0.5) is 0 Å². The van der Waals surface area contributed by atoms with Crippen LogP contribution in [-0.4, -0.2) is 61.0 Å². The van der Waals surface area contributed by atoms with Crippen LogP contribution in [0.15, 0.2) is 11.6 Å². The van der Waals surface area contributed by atoms with Gasteiger partial charge in [-0.05, 0) is 38.5 Å². The SMILES string of the molecule is O=C(OCCN1CCN(C(=O)C2CCC2)CC1)C1=CCCCC1. The number of ether oxygens (including phenoxy) is 1. The van der Waals surface area contributed by atoms with Gasteiger partial charge in [-0.1, -0.05) is 12.5 Å². The quantitative estimate of drug-likeness (QED) is 0.727. The van der Waals surface area contributed by atoms with E-state index in [0.29, 0.717) is 18.4 Å². The van der Waals surface area contributed by atoms with Gasteiger partial charge in [0.2, 0.25) is 5.91 Å². The molecule has 5 nitrogen and oxygen atoms in total. The van der Waals surface area contributed by atoms with Gasteiger partial charge in [0.1, 0.15) is 6.61 Å². The van der Waals surface area contributed by atoms with Crippen LogP contribution >= 0.6 is 0 Å². The predicted octanol–water partition coefficient (Wildman–Crippen LogP) is 1.97. The number of carbonyl (C=O) groups is 2. The molecule has 0 aromatic carbocycles. The predicted molar refractivity (Wildman–Crippen MR) is 87.9 cm³/mol. The Morgan fingerprint density at radius 1 is 1.09 bits per heavy atom. The number of piperazine rings is 1. The number of rotatable bonds is 5. The molecule has 128 valence electrons. The van der Waals surface area contributed by atoms with Crippen LogP contribution in [0.1, 0.15) is 44.9 Å². The summed E-state index contributed by atoms with van der Waals surface area (Å²) < 4.78 is 5.39. The lowest BCUT2D eigenvalue weighted by molar-refractivity contribution is -0.140. The zero-order chi connectivity index (χ0) is 16.1. The van der Waals surface area contributed by atoms with Crippen LogP contribution in [0.25, 0.3) is 0 Å². The molecule has 23 heavy (non-hydrogen) atoms. The van der Waals surface area contributed by atoms with Gasteiger partial charge in [0.15, 0.2) is 0 Å². The van der Waals surface area contributed by atoms with E-state index in [-0.39, 0.29) is 5.97 Å². The Hall–Kier alpha value is -1.36. The van der Waals surface area contributed by atoms with Crippen molar-refractivity contribution < 1.29 is 14.3 Å². The second-order valence-corrected chi connectivity index (χ2v) is 6.91. The maximum atomic E-state index is 12.2. The van der Waals surface area contributed by atoms with Gasteiger partial charge in [-0.3, -0.25) is 9.69 Å². The molecule has 0 aromatic heterocycles. The number of carbonyl (C=O) groups excluding carboxylic acids is 2. The number of hydrogen-bond donors (Lipinski definition) is 0. The summed E-state index contributed by atoms with van der Waals surface area (Å²) in [5.41, 5.74) is 0.854. The first kappa shape index (κ1) is 16.5. The van der Waals surface area contributed by atoms with Crippen molar-refractivity contribution in [3.8, 4) is 0 Å². The minimum atomic E-state index is -0.136. The fourth-order valence-electron chi connectivity index (χ4n) is 3.49. The minimum Gasteiger partial charge on any atom is -0.461 e. The summed E-state index contributed by atoms with van der Waals surface area (Å²) in [6.07, 6.45) is 9.52. The molecule has 2 fully saturated rings. The van der Waals surface area contributed by atoms with Gasteiger partial charge in [-0.15, -0.1) is 0 Å². The van der Waals surface area contributed by atoms with Crippen LogP contribution in [0.3, 0.4) is 0 Å². The van der Waals surface area contributed by atoms with Crippen LogP contribution in [0.5, 0.6) is 0 Å². The molecule has 0 spiro atoms. The Kier molecular flexibility index (Phi) is 5.70. The van der Waals surface area contributed by atoms with E-state index in [1.165, 1.54) is 12.8 Å². The third kappa shape index (κ3) is 4.34. The molecule has 0 N–H and O–H groups in total. The van der Waals surface area contributed by atoms with E-state index in [1.807, 2.05) is 11.0 Å². The van der Waals surface area contributed by atoms with Gasteiger partial charge in [-0.2, -0.15) is 0 Å². The van der Waals surface area contributed by atoms with Crippen molar-refractivity contribution in [3.05, 3.63) is 11.6 Å².